The summed E-state index contributed by atoms with van der Waals surface area (Å²) in [7, 11) is 1.63. The predicted octanol–water partition coefficient (Wildman–Crippen LogP) is 1.78. The van der Waals surface area contributed by atoms with Gasteiger partial charge in [0.1, 0.15) is 18.1 Å². The van der Waals surface area contributed by atoms with E-state index in [4.69, 9.17) is 15.2 Å². The fraction of sp³-hybridized carbons (Fsp3) is 0.455. The van der Waals surface area contributed by atoms with Gasteiger partial charge in [0.2, 0.25) is 0 Å². The average Bonchev–Trinajstić information content (AvgIpc) is 2.20. The van der Waals surface area contributed by atoms with Crippen LogP contribution in [0, 0.1) is 0 Å². The molecule has 0 bridgehead atoms. The molecule has 0 fully saturated rings. The molecule has 0 atom stereocenters. The Hall–Kier alpha value is -1.42. The van der Waals surface area contributed by atoms with Crippen molar-refractivity contribution < 1.29 is 14.6 Å². The Kier molecular flexibility index (Phi) is 3.42. The lowest BCUT2D eigenvalue weighted by atomic mass is 10.1. The standard InChI is InChI=1S/C11H17NO3/c1-11(2,14-3)7-15-8-4-5-10(13)9(12)6-8/h4-6,13H,7,12H2,1-3H3. The number of hydrogen-bond donors (Lipinski definition) is 2. The Morgan fingerprint density at radius 1 is 1.40 bits per heavy atom. The SMILES string of the molecule is COC(C)(C)COc1ccc(O)c(N)c1. The Morgan fingerprint density at radius 2 is 2.07 bits per heavy atom. The fourth-order valence-electron chi connectivity index (χ4n) is 0.938. The Morgan fingerprint density at radius 3 is 2.60 bits per heavy atom. The summed E-state index contributed by atoms with van der Waals surface area (Å²) < 4.78 is 10.7. The summed E-state index contributed by atoms with van der Waals surface area (Å²) in [5, 5.41) is 9.21. The Bertz CT molecular complexity index is 337. The van der Waals surface area contributed by atoms with Gasteiger partial charge in [-0.25, -0.2) is 0 Å². The summed E-state index contributed by atoms with van der Waals surface area (Å²) in [4.78, 5) is 0. The molecule has 0 aliphatic heterocycles. The lowest BCUT2D eigenvalue weighted by Gasteiger charge is -2.23. The number of methoxy groups -OCH3 is 1. The van der Waals surface area contributed by atoms with Gasteiger partial charge in [-0.15, -0.1) is 0 Å². The van der Waals surface area contributed by atoms with Gasteiger partial charge < -0.3 is 20.3 Å². The molecule has 0 aliphatic rings. The van der Waals surface area contributed by atoms with E-state index < -0.39 is 0 Å². The highest BCUT2D eigenvalue weighted by molar-refractivity contribution is 5.55. The first-order chi connectivity index (χ1) is 6.94. The van der Waals surface area contributed by atoms with Crippen molar-refractivity contribution in [3.8, 4) is 11.5 Å². The summed E-state index contributed by atoms with van der Waals surface area (Å²) in [5.41, 5.74) is 5.50. The molecule has 15 heavy (non-hydrogen) atoms. The van der Waals surface area contributed by atoms with Crippen molar-refractivity contribution in [1.29, 1.82) is 0 Å². The zero-order valence-electron chi connectivity index (χ0n) is 9.28. The van der Waals surface area contributed by atoms with E-state index in [1.54, 1.807) is 19.2 Å². The van der Waals surface area contributed by atoms with Crippen LogP contribution in [-0.4, -0.2) is 24.4 Å². The van der Waals surface area contributed by atoms with E-state index >= 15 is 0 Å². The summed E-state index contributed by atoms with van der Waals surface area (Å²) in [6.07, 6.45) is 0. The van der Waals surface area contributed by atoms with Crippen LogP contribution in [0.25, 0.3) is 0 Å². The van der Waals surface area contributed by atoms with Crippen LogP contribution in [0.2, 0.25) is 0 Å². The highest BCUT2D eigenvalue weighted by Crippen LogP contribution is 2.25. The average molecular weight is 211 g/mol. The van der Waals surface area contributed by atoms with Gasteiger partial charge >= 0.3 is 0 Å². The van der Waals surface area contributed by atoms with E-state index in [9.17, 15) is 5.11 Å². The molecule has 0 unspecified atom stereocenters. The topological polar surface area (TPSA) is 64.7 Å². The molecular formula is C11H17NO3. The number of rotatable bonds is 4. The smallest absolute Gasteiger partial charge is 0.138 e. The molecule has 0 aliphatic carbocycles. The van der Waals surface area contributed by atoms with E-state index in [0.29, 0.717) is 18.0 Å². The normalized spacial score (nSPS) is 11.4. The molecule has 4 nitrogen and oxygen atoms in total. The number of phenolic OH excluding ortho intramolecular Hbond substituents is 1. The lowest BCUT2D eigenvalue weighted by Crippen LogP contribution is -2.30. The molecule has 0 saturated heterocycles. The van der Waals surface area contributed by atoms with Gasteiger partial charge in [-0.3, -0.25) is 0 Å². The minimum Gasteiger partial charge on any atom is -0.506 e. The van der Waals surface area contributed by atoms with Crippen LogP contribution in [-0.2, 0) is 4.74 Å². The molecule has 3 N–H and O–H groups in total. The van der Waals surface area contributed by atoms with Crippen molar-refractivity contribution in [2.45, 2.75) is 19.4 Å². The first-order valence-electron chi connectivity index (χ1n) is 4.71. The van der Waals surface area contributed by atoms with Crippen molar-refractivity contribution in [2.75, 3.05) is 19.5 Å². The largest absolute Gasteiger partial charge is 0.506 e. The number of aromatic hydroxyl groups is 1. The zero-order chi connectivity index (χ0) is 11.5. The Balaban J connectivity index is 2.62. The molecule has 0 amide bonds. The first-order valence-corrected chi connectivity index (χ1v) is 4.71. The third-order valence-electron chi connectivity index (χ3n) is 2.14. The summed E-state index contributed by atoms with van der Waals surface area (Å²) >= 11 is 0. The van der Waals surface area contributed by atoms with Crippen molar-refractivity contribution in [2.24, 2.45) is 0 Å². The molecule has 84 valence electrons. The maximum atomic E-state index is 9.21. The predicted molar refractivity (Wildman–Crippen MR) is 59.1 cm³/mol. The van der Waals surface area contributed by atoms with E-state index in [2.05, 4.69) is 0 Å². The number of benzene rings is 1. The van der Waals surface area contributed by atoms with Gasteiger partial charge in [-0.1, -0.05) is 0 Å². The molecule has 4 heteroatoms. The van der Waals surface area contributed by atoms with Crippen LogP contribution in [0.3, 0.4) is 0 Å². The van der Waals surface area contributed by atoms with Crippen LogP contribution >= 0.6 is 0 Å². The van der Waals surface area contributed by atoms with Crippen molar-refractivity contribution in [3.05, 3.63) is 18.2 Å². The second kappa shape index (κ2) is 4.40. The summed E-state index contributed by atoms with van der Waals surface area (Å²) in [6.45, 7) is 4.28. The van der Waals surface area contributed by atoms with Gasteiger partial charge in [0.25, 0.3) is 0 Å². The zero-order valence-corrected chi connectivity index (χ0v) is 9.28. The van der Waals surface area contributed by atoms with Gasteiger partial charge in [-0.2, -0.15) is 0 Å². The minimum atomic E-state index is -0.341. The van der Waals surface area contributed by atoms with Gasteiger partial charge in [-0.05, 0) is 26.0 Å². The monoisotopic (exact) mass is 211 g/mol. The summed E-state index contributed by atoms with van der Waals surface area (Å²) in [5.74, 6) is 0.684. The van der Waals surface area contributed by atoms with Crippen LogP contribution in [0.15, 0.2) is 18.2 Å². The van der Waals surface area contributed by atoms with Crippen LogP contribution < -0.4 is 10.5 Å². The molecule has 1 rings (SSSR count). The number of hydrogen-bond acceptors (Lipinski definition) is 4. The highest BCUT2D eigenvalue weighted by atomic mass is 16.5. The minimum absolute atomic E-state index is 0.0633. The number of anilines is 1. The first kappa shape index (κ1) is 11.7. The molecule has 1 aromatic rings. The Labute approximate surface area is 89.6 Å². The molecule has 0 saturated carbocycles. The molecule has 1 aromatic carbocycles. The molecule has 0 aromatic heterocycles. The van der Waals surface area contributed by atoms with Gasteiger partial charge in [0.15, 0.2) is 0 Å². The lowest BCUT2D eigenvalue weighted by molar-refractivity contribution is -0.0146. The van der Waals surface area contributed by atoms with Crippen LogP contribution in [0.5, 0.6) is 11.5 Å². The van der Waals surface area contributed by atoms with Crippen molar-refractivity contribution in [3.63, 3.8) is 0 Å². The van der Waals surface area contributed by atoms with E-state index in [-0.39, 0.29) is 11.4 Å². The van der Waals surface area contributed by atoms with Gasteiger partial charge in [0, 0.05) is 13.2 Å². The van der Waals surface area contributed by atoms with Crippen molar-refractivity contribution in [1.82, 2.24) is 0 Å². The van der Waals surface area contributed by atoms with Crippen LogP contribution in [0.4, 0.5) is 5.69 Å². The molecule has 0 radical (unpaired) electrons. The van der Waals surface area contributed by atoms with Crippen LogP contribution in [0.1, 0.15) is 13.8 Å². The summed E-state index contributed by atoms with van der Waals surface area (Å²) in [6, 6.07) is 4.75. The number of nitrogen functional groups attached to an aromatic ring is 1. The molecular weight excluding hydrogens is 194 g/mol. The number of phenols is 1. The maximum Gasteiger partial charge on any atom is 0.138 e. The molecule has 0 heterocycles. The van der Waals surface area contributed by atoms with E-state index in [0.717, 1.165) is 0 Å². The van der Waals surface area contributed by atoms with E-state index in [1.165, 1.54) is 6.07 Å². The second-order valence-corrected chi connectivity index (χ2v) is 3.97. The fourth-order valence-corrected chi connectivity index (χ4v) is 0.938. The second-order valence-electron chi connectivity index (χ2n) is 3.97. The quantitative estimate of drug-likeness (QED) is 0.588. The number of ether oxygens (including phenoxy) is 2. The van der Waals surface area contributed by atoms with Crippen molar-refractivity contribution >= 4 is 5.69 Å². The maximum absolute atomic E-state index is 9.21. The number of nitrogens with two attached hydrogens (primary N) is 1. The van der Waals surface area contributed by atoms with Gasteiger partial charge in [0.05, 0.1) is 11.3 Å². The molecule has 0 spiro atoms. The third kappa shape index (κ3) is 3.32. The highest BCUT2D eigenvalue weighted by Gasteiger charge is 2.17. The van der Waals surface area contributed by atoms with E-state index in [1.807, 2.05) is 13.8 Å². The third-order valence-corrected chi connectivity index (χ3v) is 2.14.